The Morgan fingerprint density at radius 2 is 1.86 bits per heavy atom. The van der Waals surface area contributed by atoms with Crippen LogP contribution in [-0.2, 0) is 6.54 Å². The molecule has 4 N–H and O–H groups in total. The van der Waals surface area contributed by atoms with Crippen LogP contribution in [0.2, 0.25) is 0 Å². The Morgan fingerprint density at radius 3 is 2.43 bits per heavy atom. The van der Waals surface area contributed by atoms with Crippen LogP contribution in [0.5, 0.6) is 0 Å². The Bertz CT molecular complexity index is 416. The van der Waals surface area contributed by atoms with Crippen molar-refractivity contribution in [1.82, 2.24) is 9.78 Å². The fraction of sp³-hybridized carbons (Fsp3) is 0.100. The highest BCUT2D eigenvalue weighted by Gasteiger charge is 1.98. The first-order valence-corrected chi connectivity index (χ1v) is 4.40. The van der Waals surface area contributed by atoms with E-state index in [1.54, 1.807) is 4.68 Å². The van der Waals surface area contributed by atoms with Gasteiger partial charge in [0.2, 0.25) is 0 Å². The Balaban J connectivity index is 2.34. The van der Waals surface area contributed by atoms with Crippen molar-refractivity contribution in [1.29, 1.82) is 0 Å². The molecule has 0 aliphatic rings. The van der Waals surface area contributed by atoms with E-state index in [-0.39, 0.29) is 0 Å². The van der Waals surface area contributed by atoms with E-state index in [0.29, 0.717) is 6.54 Å². The molecule has 0 atom stereocenters. The average molecular weight is 188 g/mol. The van der Waals surface area contributed by atoms with Crippen molar-refractivity contribution in [3.05, 3.63) is 42.2 Å². The van der Waals surface area contributed by atoms with Gasteiger partial charge in [0.05, 0.1) is 11.4 Å². The van der Waals surface area contributed by atoms with Crippen LogP contribution in [-0.4, -0.2) is 9.78 Å². The number of anilines is 1. The van der Waals surface area contributed by atoms with Crippen LogP contribution in [0.1, 0.15) is 5.69 Å². The van der Waals surface area contributed by atoms with Gasteiger partial charge in [-0.25, -0.2) is 4.68 Å². The number of benzene rings is 1. The first kappa shape index (κ1) is 8.77. The van der Waals surface area contributed by atoms with Gasteiger partial charge in [-0.05, 0) is 30.3 Å². The normalized spacial score (nSPS) is 10.4. The molecular weight excluding hydrogens is 176 g/mol. The molecule has 0 saturated carbocycles. The second-order valence-electron chi connectivity index (χ2n) is 3.05. The number of rotatable bonds is 2. The van der Waals surface area contributed by atoms with E-state index < -0.39 is 0 Å². The minimum Gasteiger partial charge on any atom is -0.399 e. The van der Waals surface area contributed by atoms with Crippen LogP contribution in [0.3, 0.4) is 0 Å². The van der Waals surface area contributed by atoms with E-state index in [0.717, 1.165) is 17.1 Å². The topological polar surface area (TPSA) is 69.9 Å². The molecule has 0 saturated heterocycles. The highest BCUT2D eigenvalue weighted by Crippen LogP contribution is 2.10. The molecule has 0 aliphatic heterocycles. The molecule has 0 radical (unpaired) electrons. The van der Waals surface area contributed by atoms with Crippen LogP contribution in [0.25, 0.3) is 5.69 Å². The molecule has 0 aliphatic carbocycles. The molecule has 0 spiro atoms. The maximum absolute atomic E-state index is 5.59. The third-order valence-corrected chi connectivity index (χ3v) is 2.01. The zero-order valence-corrected chi connectivity index (χ0v) is 7.72. The summed E-state index contributed by atoms with van der Waals surface area (Å²) in [6.45, 7) is 0.460. The zero-order valence-electron chi connectivity index (χ0n) is 7.72. The van der Waals surface area contributed by atoms with Gasteiger partial charge in [0.25, 0.3) is 0 Å². The smallest absolute Gasteiger partial charge is 0.0764 e. The van der Waals surface area contributed by atoms with E-state index in [9.17, 15) is 0 Å². The standard InChI is InChI=1S/C10H12N4/c11-7-9-5-6-14(13-9)10-3-1-8(12)2-4-10/h1-6H,7,11-12H2. The second-order valence-corrected chi connectivity index (χ2v) is 3.05. The molecular formula is C10H12N4. The van der Waals surface area contributed by atoms with Gasteiger partial charge in [-0.1, -0.05) is 0 Å². The number of aromatic nitrogens is 2. The third kappa shape index (κ3) is 1.60. The minimum atomic E-state index is 0.460. The number of nitrogen functional groups attached to an aromatic ring is 1. The Labute approximate surface area is 82.1 Å². The van der Waals surface area contributed by atoms with Gasteiger partial charge >= 0.3 is 0 Å². The van der Waals surface area contributed by atoms with Crippen LogP contribution < -0.4 is 11.5 Å². The van der Waals surface area contributed by atoms with E-state index >= 15 is 0 Å². The summed E-state index contributed by atoms with van der Waals surface area (Å²) in [6.07, 6.45) is 1.88. The number of hydrogen-bond acceptors (Lipinski definition) is 3. The first-order valence-electron chi connectivity index (χ1n) is 4.40. The van der Waals surface area contributed by atoms with E-state index in [2.05, 4.69) is 5.10 Å². The van der Waals surface area contributed by atoms with Crippen LogP contribution in [0, 0.1) is 0 Å². The largest absolute Gasteiger partial charge is 0.399 e. The lowest BCUT2D eigenvalue weighted by Gasteiger charge is -2.00. The maximum atomic E-state index is 5.59. The van der Waals surface area contributed by atoms with Gasteiger partial charge in [-0.15, -0.1) is 0 Å². The van der Waals surface area contributed by atoms with Crippen molar-refractivity contribution in [2.24, 2.45) is 5.73 Å². The molecule has 72 valence electrons. The van der Waals surface area contributed by atoms with E-state index in [4.69, 9.17) is 11.5 Å². The maximum Gasteiger partial charge on any atom is 0.0764 e. The predicted molar refractivity (Wildman–Crippen MR) is 55.9 cm³/mol. The lowest BCUT2D eigenvalue weighted by Crippen LogP contribution is -2.00. The molecule has 2 aromatic rings. The monoisotopic (exact) mass is 188 g/mol. The molecule has 0 bridgehead atoms. The first-order chi connectivity index (χ1) is 6.79. The highest BCUT2D eigenvalue weighted by atomic mass is 15.3. The van der Waals surface area contributed by atoms with Crippen molar-refractivity contribution >= 4 is 5.69 Å². The summed E-state index contributed by atoms with van der Waals surface area (Å²) in [7, 11) is 0. The summed E-state index contributed by atoms with van der Waals surface area (Å²) in [6, 6.07) is 9.43. The molecule has 4 nitrogen and oxygen atoms in total. The molecule has 4 heteroatoms. The summed E-state index contributed by atoms with van der Waals surface area (Å²) in [4.78, 5) is 0. The van der Waals surface area contributed by atoms with E-state index in [1.165, 1.54) is 0 Å². The second kappa shape index (κ2) is 3.51. The van der Waals surface area contributed by atoms with Crippen molar-refractivity contribution < 1.29 is 0 Å². The Hall–Kier alpha value is -1.81. The lowest BCUT2D eigenvalue weighted by atomic mass is 10.3. The SMILES string of the molecule is NCc1ccn(-c2ccc(N)cc2)n1. The predicted octanol–water partition coefficient (Wildman–Crippen LogP) is 0.913. The molecule has 0 amide bonds. The van der Waals surface area contributed by atoms with Crippen molar-refractivity contribution in [3.63, 3.8) is 0 Å². The van der Waals surface area contributed by atoms with Gasteiger partial charge in [0.15, 0.2) is 0 Å². The zero-order chi connectivity index (χ0) is 9.97. The number of hydrogen-bond donors (Lipinski definition) is 2. The molecule has 1 heterocycles. The third-order valence-electron chi connectivity index (χ3n) is 2.01. The Kier molecular flexibility index (Phi) is 2.20. The molecule has 0 fully saturated rings. The van der Waals surface area contributed by atoms with Crippen LogP contribution in [0.4, 0.5) is 5.69 Å². The number of nitrogens with zero attached hydrogens (tertiary/aromatic N) is 2. The van der Waals surface area contributed by atoms with Gasteiger partial charge in [-0.2, -0.15) is 5.10 Å². The van der Waals surface area contributed by atoms with Crippen LogP contribution in [0.15, 0.2) is 36.5 Å². The summed E-state index contributed by atoms with van der Waals surface area (Å²) in [5.74, 6) is 0. The van der Waals surface area contributed by atoms with Crippen LogP contribution >= 0.6 is 0 Å². The average Bonchev–Trinajstić information content (AvgIpc) is 2.67. The van der Waals surface area contributed by atoms with E-state index in [1.807, 2.05) is 36.5 Å². The number of nitrogens with two attached hydrogens (primary N) is 2. The van der Waals surface area contributed by atoms with Crippen molar-refractivity contribution in [2.45, 2.75) is 6.54 Å². The van der Waals surface area contributed by atoms with Crippen molar-refractivity contribution in [3.8, 4) is 5.69 Å². The summed E-state index contributed by atoms with van der Waals surface area (Å²) < 4.78 is 1.78. The minimum absolute atomic E-state index is 0.460. The lowest BCUT2D eigenvalue weighted by molar-refractivity contribution is 0.834. The van der Waals surface area contributed by atoms with Gasteiger partial charge in [-0.3, -0.25) is 0 Å². The fourth-order valence-corrected chi connectivity index (χ4v) is 1.24. The quantitative estimate of drug-likeness (QED) is 0.688. The molecule has 2 rings (SSSR count). The summed E-state index contributed by atoms with van der Waals surface area (Å²) in [5.41, 5.74) is 13.7. The molecule has 1 aromatic carbocycles. The fourth-order valence-electron chi connectivity index (χ4n) is 1.24. The summed E-state index contributed by atoms with van der Waals surface area (Å²) >= 11 is 0. The molecule has 1 aromatic heterocycles. The highest BCUT2D eigenvalue weighted by molar-refractivity contribution is 5.44. The van der Waals surface area contributed by atoms with Gasteiger partial charge < -0.3 is 11.5 Å². The summed E-state index contributed by atoms with van der Waals surface area (Å²) in [5, 5.41) is 4.28. The van der Waals surface area contributed by atoms with Crippen molar-refractivity contribution in [2.75, 3.05) is 5.73 Å². The van der Waals surface area contributed by atoms with Gasteiger partial charge in [0.1, 0.15) is 0 Å². The Morgan fingerprint density at radius 1 is 1.14 bits per heavy atom. The molecule has 0 unspecified atom stereocenters. The molecule has 14 heavy (non-hydrogen) atoms. The van der Waals surface area contributed by atoms with Gasteiger partial charge in [0, 0.05) is 18.4 Å².